The second-order valence-corrected chi connectivity index (χ2v) is 15.4. The van der Waals surface area contributed by atoms with Gasteiger partial charge in [-0.25, -0.2) is 9.59 Å². The summed E-state index contributed by atoms with van der Waals surface area (Å²) in [7, 11) is 0. The minimum atomic E-state index is -1.48. The quantitative estimate of drug-likeness (QED) is 0.126. The van der Waals surface area contributed by atoms with Crippen LogP contribution in [0.25, 0.3) is 0 Å². The Balaban J connectivity index is 1.33. The van der Waals surface area contributed by atoms with Gasteiger partial charge in [0, 0.05) is 32.4 Å². The molecule has 2 unspecified atom stereocenters. The number of likely N-dealkylation sites (tertiary alicyclic amines) is 1. The van der Waals surface area contributed by atoms with E-state index in [1.54, 1.807) is 86.3 Å². The number of hydrogen-bond acceptors (Lipinski definition) is 9. The Bertz CT molecular complexity index is 1980. The van der Waals surface area contributed by atoms with Gasteiger partial charge in [0.2, 0.25) is 23.5 Å². The van der Waals surface area contributed by atoms with E-state index in [2.05, 4.69) is 16.0 Å². The number of hydrogen-bond donors (Lipinski definition) is 5. The van der Waals surface area contributed by atoms with Crippen molar-refractivity contribution in [2.45, 2.75) is 102 Å². The van der Waals surface area contributed by atoms with Crippen molar-refractivity contribution in [3.05, 3.63) is 107 Å². The van der Waals surface area contributed by atoms with Crippen LogP contribution in [-0.4, -0.2) is 111 Å². The molecule has 5 amide bonds. The van der Waals surface area contributed by atoms with E-state index < -0.39 is 83.8 Å². The number of benzene rings is 3. The van der Waals surface area contributed by atoms with Crippen molar-refractivity contribution in [1.82, 2.24) is 25.8 Å². The van der Waals surface area contributed by atoms with E-state index in [1.165, 1.54) is 4.90 Å². The summed E-state index contributed by atoms with van der Waals surface area (Å²) in [6.45, 7) is 5.63. The Hall–Kier alpha value is -6.09. The Morgan fingerprint density at radius 2 is 1.41 bits per heavy atom. The zero-order valence-electron chi connectivity index (χ0n) is 33.5. The van der Waals surface area contributed by atoms with E-state index in [1.807, 2.05) is 24.3 Å². The van der Waals surface area contributed by atoms with Crippen molar-refractivity contribution in [2.75, 3.05) is 13.1 Å². The summed E-state index contributed by atoms with van der Waals surface area (Å²) in [6, 6.07) is 19.9. The number of aliphatic hydroxyl groups excluding tert-OH is 1. The van der Waals surface area contributed by atoms with Crippen LogP contribution in [-0.2, 0) is 59.3 Å². The molecule has 0 radical (unpaired) electrons. The van der Waals surface area contributed by atoms with Gasteiger partial charge in [0.15, 0.2) is 0 Å². The van der Waals surface area contributed by atoms with Gasteiger partial charge >= 0.3 is 12.1 Å². The molecule has 2 aliphatic rings. The minimum absolute atomic E-state index is 0.000680. The number of Topliss-reactive ketones (excluding diaryl/α,β-unsaturated/α-hetero) is 1. The van der Waals surface area contributed by atoms with Crippen LogP contribution in [0.3, 0.4) is 0 Å². The summed E-state index contributed by atoms with van der Waals surface area (Å²) in [5.41, 5.74) is 3.44. The number of aliphatic carboxylic acids is 1. The molecule has 3 aromatic rings. The fraction of sp³-hybridized carbons (Fsp3) is 0.432. The van der Waals surface area contributed by atoms with Gasteiger partial charge in [0.1, 0.15) is 30.3 Å². The van der Waals surface area contributed by atoms with Crippen LogP contribution >= 0.6 is 0 Å². The van der Waals surface area contributed by atoms with E-state index in [0.717, 1.165) is 11.1 Å². The third kappa shape index (κ3) is 11.7. The lowest BCUT2D eigenvalue weighted by molar-refractivity contribution is -0.146. The first-order valence-corrected chi connectivity index (χ1v) is 20.0. The van der Waals surface area contributed by atoms with Crippen LogP contribution in [0.5, 0.6) is 0 Å². The fourth-order valence-corrected chi connectivity index (χ4v) is 7.38. The fourth-order valence-electron chi connectivity index (χ4n) is 7.38. The van der Waals surface area contributed by atoms with Crippen LogP contribution in [0.4, 0.5) is 4.79 Å². The van der Waals surface area contributed by atoms with Crippen LogP contribution < -0.4 is 16.0 Å². The van der Waals surface area contributed by atoms with E-state index in [9.17, 15) is 43.8 Å². The molecule has 1 saturated heterocycles. The van der Waals surface area contributed by atoms with Gasteiger partial charge in [-0.05, 0) is 41.0 Å². The number of nitrogens with one attached hydrogen (secondary N) is 3. The number of fused-ring (bicyclic) bond motifs is 1. The zero-order valence-corrected chi connectivity index (χ0v) is 33.5. The average Bonchev–Trinajstić information content (AvgIpc) is 3.66. The van der Waals surface area contributed by atoms with E-state index in [-0.39, 0.29) is 32.2 Å². The monoisotopic (exact) mass is 811 g/mol. The van der Waals surface area contributed by atoms with Crippen LogP contribution in [0.15, 0.2) is 84.9 Å². The molecule has 1 fully saturated rings. The van der Waals surface area contributed by atoms with Gasteiger partial charge in [-0.2, -0.15) is 0 Å². The molecule has 314 valence electrons. The number of ketones is 1. The van der Waals surface area contributed by atoms with Crippen molar-refractivity contribution in [2.24, 2.45) is 5.92 Å². The summed E-state index contributed by atoms with van der Waals surface area (Å²) < 4.78 is 5.90. The zero-order chi connectivity index (χ0) is 42.6. The van der Waals surface area contributed by atoms with Gasteiger partial charge in [-0.1, -0.05) is 112 Å². The van der Waals surface area contributed by atoms with Crippen molar-refractivity contribution in [3.63, 3.8) is 0 Å². The van der Waals surface area contributed by atoms with Gasteiger partial charge in [-0.3, -0.25) is 24.0 Å². The molecular formula is C44H53N5O10. The number of amides is 5. The molecule has 2 aliphatic heterocycles. The minimum Gasteiger partial charge on any atom is -0.480 e. The normalized spacial score (nSPS) is 18.1. The SMILES string of the molecule is CCCC(NC(=O)[C@@H]1C[C@@H](OC(=O)N2CCc3ccccc3C2)CN1C(=O)C(NC(=O)[C@@H](O)Cc1ccccc1)C(C)C)C(=O)C(=O)N[C@@H](Cc1ccccc1)C(=O)O. The van der Waals surface area contributed by atoms with Crippen molar-refractivity contribution in [1.29, 1.82) is 0 Å². The Labute approximate surface area is 343 Å². The van der Waals surface area contributed by atoms with E-state index >= 15 is 0 Å². The lowest BCUT2D eigenvalue weighted by Crippen LogP contribution is -2.58. The maximum atomic E-state index is 14.4. The Morgan fingerprint density at radius 3 is 2.02 bits per heavy atom. The number of nitrogens with zero attached hydrogens (tertiary/aromatic N) is 2. The molecule has 5 rings (SSSR count). The van der Waals surface area contributed by atoms with Gasteiger partial charge in [-0.15, -0.1) is 0 Å². The number of ether oxygens (including phenoxy) is 1. The first-order chi connectivity index (χ1) is 28.2. The first kappa shape index (κ1) is 44.0. The number of rotatable bonds is 17. The Kier molecular flexibility index (Phi) is 15.3. The standard InChI is InChI=1S/C44H53N5O10/c1-4-13-33(38(51)41(54)46-34(43(56)57)22-28-14-7-5-8-15-28)45-39(52)35-24-32(59-44(58)48-21-20-30-18-11-12-19-31(30)25-48)26-49(35)42(55)37(27(2)3)47-40(53)36(50)23-29-16-9-6-10-17-29/h5-12,14-19,27,32-37,50H,4,13,20-26H2,1-3H3,(H,45,52)(H,46,54)(H,47,53)(H,56,57)/t32-,33?,34+,35+,36+,37?/m1/s1. The molecule has 0 bridgehead atoms. The van der Waals surface area contributed by atoms with E-state index in [4.69, 9.17) is 4.74 Å². The molecule has 6 atom stereocenters. The van der Waals surface area contributed by atoms with Crippen molar-refractivity contribution < 1.29 is 48.5 Å². The molecule has 0 saturated carbocycles. The lowest BCUT2D eigenvalue weighted by Gasteiger charge is -2.31. The van der Waals surface area contributed by atoms with Crippen LogP contribution in [0, 0.1) is 5.92 Å². The Morgan fingerprint density at radius 1 is 0.797 bits per heavy atom. The third-order valence-corrected chi connectivity index (χ3v) is 10.6. The maximum Gasteiger partial charge on any atom is 0.410 e. The topological polar surface area (TPSA) is 212 Å². The highest BCUT2D eigenvalue weighted by Gasteiger charge is 2.46. The summed E-state index contributed by atoms with van der Waals surface area (Å²) in [5.74, 6) is -6.39. The summed E-state index contributed by atoms with van der Waals surface area (Å²) in [4.78, 5) is 96.9. The van der Waals surface area contributed by atoms with Crippen molar-refractivity contribution >= 4 is 41.5 Å². The van der Waals surface area contributed by atoms with Gasteiger partial charge in [0.05, 0.1) is 12.6 Å². The second-order valence-electron chi connectivity index (χ2n) is 15.4. The number of carboxylic acid groups (broad SMARTS) is 1. The average molecular weight is 812 g/mol. The highest BCUT2D eigenvalue weighted by Crippen LogP contribution is 2.26. The van der Waals surface area contributed by atoms with Crippen LogP contribution in [0.2, 0.25) is 0 Å². The molecule has 15 nitrogen and oxygen atoms in total. The molecule has 2 heterocycles. The number of carbonyl (C=O) groups excluding carboxylic acids is 6. The molecule has 0 spiro atoms. The summed E-state index contributed by atoms with van der Waals surface area (Å²) in [6.07, 6.45) is -2.30. The second kappa shape index (κ2) is 20.6. The predicted molar refractivity (Wildman–Crippen MR) is 215 cm³/mol. The number of carboxylic acids is 1. The third-order valence-electron chi connectivity index (χ3n) is 10.6. The number of aliphatic hydroxyl groups is 1. The maximum absolute atomic E-state index is 14.4. The predicted octanol–water partition coefficient (Wildman–Crippen LogP) is 2.56. The first-order valence-electron chi connectivity index (χ1n) is 20.0. The summed E-state index contributed by atoms with van der Waals surface area (Å²) >= 11 is 0. The smallest absolute Gasteiger partial charge is 0.410 e. The summed E-state index contributed by atoms with van der Waals surface area (Å²) in [5, 5.41) is 28.1. The van der Waals surface area contributed by atoms with Gasteiger partial charge < -0.3 is 40.7 Å². The molecule has 0 aromatic heterocycles. The van der Waals surface area contributed by atoms with Gasteiger partial charge in [0.25, 0.3) is 5.91 Å². The molecule has 15 heteroatoms. The van der Waals surface area contributed by atoms with Crippen molar-refractivity contribution in [3.8, 4) is 0 Å². The largest absolute Gasteiger partial charge is 0.480 e. The molecule has 0 aliphatic carbocycles. The lowest BCUT2D eigenvalue weighted by atomic mass is 10.0. The molecule has 59 heavy (non-hydrogen) atoms. The van der Waals surface area contributed by atoms with E-state index in [0.29, 0.717) is 37.1 Å². The highest BCUT2D eigenvalue weighted by molar-refractivity contribution is 6.38. The molecular weight excluding hydrogens is 759 g/mol. The highest BCUT2D eigenvalue weighted by atomic mass is 16.6. The number of carbonyl (C=O) groups is 7. The molecule has 3 aromatic carbocycles. The molecule has 5 N–H and O–H groups in total. The van der Waals surface area contributed by atoms with Crippen LogP contribution in [0.1, 0.15) is 62.3 Å².